The van der Waals surface area contributed by atoms with E-state index in [4.69, 9.17) is 10.5 Å². The fourth-order valence-corrected chi connectivity index (χ4v) is 2.28. The van der Waals surface area contributed by atoms with Crippen molar-refractivity contribution in [3.8, 4) is 5.75 Å². The van der Waals surface area contributed by atoms with Crippen molar-refractivity contribution in [1.82, 2.24) is 9.55 Å². The summed E-state index contributed by atoms with van der Waals surface area (Å²) in [5.74, 6) is 1.86. The van der Waals surface area contributed by atoms with Gasteiger partial charge in [0.05, 0.1) is 17.8 Å². The van der Waals surface area contributed by atoms with E-state index < -0.39 is 0 Å². The van der Waals surface area contributed by atoms with Crippen molar-refractivity contribution in [2.75, 3.05) is 12.3 Å². The Morgan fingerprint density at radius 1 is 1.10 bits per heavy atom. The molecule has 4 heteroatoms. The Hall–Kier alpha value is -2.49. The normalized spacial score (nSPS) is 10.8. The summed E-state index contributed by atoms with van der Waals surface area (Å²) in [7, 11) is 2.01. The van der Waals surface area contributed by atoms with Gasteiger partial charge in [0, 0.05) is 13.5 Å². The zero-order valence-corrected chi connectivity index (χ0v) is 11.4. The zero-order valence-electron chi connectivity index (χ0n) is 11.4. The molecule has 0 atom stereocenters. The van der Waals surface area contributed by atoms with Gasteiger partial charge in [0.15, 0.2) is 0 Å². The molecule has 1 heterocycles. The molecule has 0 fully saturated rings. The minimum absolute atomic E-state index is 0.598. The maximum atomic E-state index is 5.95. The smallest absolute Gasteiger partial charge is 0.119 e. The SMILES string of the molecule is Cn1c(CCOc2ccccc2)nc2c(N)cccc21. The van der Waals surface area contributed by atoms with E-state index in [0.717, 1.165) is 29.0 Å². The summed E-state index contributed by atoms with van der Waals surface area (Å²) in [6.45, 7) is 0.598. The standard InChI is InChI=1S/C16H17N3O/c1-19-14-9-5-8-13(17)16(14)18-15(19)10-11-20-12-6-3-2-4-7-12/h2-9H,10-11,17H2,1H3. The summed E-state index contributed by atoms with van der Waals surface area (Å²) in [4.78, 5) is 4.60. The molecule has 0 bridgehead atoms. The Bertz CT molecular complexity index is 719. The first-order valence-electron chi connectivity index (χ1n) is 6.63. The molecule has 3 aromatic rings. The Morgan fingerprint density at radius 3 is 2.65 bits per heavy atom. The van der Waals surface area contributed by atoms with Crippen LogP contribution in [0.15, 0.2) is 48.5 Å². The first kappa shape index (κ1) is 12.5. The summed E-state index contributed by atoms with van der Waals surface area (Å²) in [6, 6.07) is 15.7. The minimum atomic E-state index is 0.598. The number of hydrogen-bond acceptors (Lipinski definition) is 3. The first-order chi connectivity index (χ1) is 9.75. The monoisotopic (exact) mass is 267 g/mol. The summed E-state index contributed by atoms with van der Waals surface area (Å²) in [5, 5.41) is 0. The van der Waals surface area contributed by atoms with Gasteiger partial charge in [-0.05, 0) is 24.3 Å². The second-order valence-electron chi connectivity index (χ2n) is 4.71. The molecule has 2 N–H and O–H groups in total. The van der Waals surface area contributed by atoms with Crippen molar-refractivity contribution in [3.05, 3.63) is 54.4 Å². The number of aromatic nitrogens is 2. The number of hydrogen-bond donors (Lipinski definition) is 1. The lowest BCUT2D eigenvalue weighted by atomic mass is 10.3. The average molecular weight is 267 g/mol. The highest BCUT2D eigenvalue weighted by molar-refractivity contribution is 5.87. The van der Waals surface area contributed by atoms with Crippen LogP contribution in [0.3, 0.4) is 0 Å². The van der Waals surface area contributed by atoms with E-state index in [-0.39, 0.29) is 0 Å². The van der Waals surface area contributed by atoms with Gasteiger partial charge in [0.2, 0.25) is 0 Å². The van der Waals surface area contributed by atoms with Crippen LogP contribution in [0.25, 0.3) is 11.0 Å². The number of aryl methyl sites for hydroxylation is 1. The molecule has 0 saturated heterocycles. The quantitative estimate of drug-likeness (QED) is 0.739. The molecule has 0 unspecified atom stereocenters. The van der Waals surface area contributed by atoms with Crippen LogP contribution in [-0.2, 0) is 13.5 Å². The van der Waals surface area contributed by atoms with Crippen LogP contribution < -0.4 is 10.5 Å². The number of nitrogens with two attached hydrogens (primary N) is 1. The lowest BCUT2D eigenvalue weighted by Crippen LogP contribution is -2.06. The number of fused-ring (bicyclic) bond motifs is 1. The second kappa shape index (κ2) is 5.25. The van der Waals surface area contributed by atoms with E-state index in [1.165, 1.54) is 0 Å². The lowest BCUT2D eigenvalue weighted by molar-refractivity contribution is 0.318. The van der Waals surface area contributed by atoms with Gasteiger partial charge in [-0.3, -0.25) is 0 Å². The molecule has 20 heavy (non-hydrogen) atoms. The van der Waals surface area contributed by atoms with Crippen LogP contribution in [0.5, 0.6) is 5.75 Å². The maximum absolute atomic E-state index is 5.95. The van der Waals surface area contributed by atoms with Gasteiger partial charge >= 0.3 is 0 Å². The fraction of sp³-hybridized carbons (Fsp3) is 0.188. The van der Waals surface area contributed by atoms with E-state index in [0.29, 0.717) is 12.3 Å². The number of rotatable bonds is 4. The summed E-state index contributed by atoms with van der Waals surface area (Å²) in [5.41, 5.74) is 8.59. The zero-order chi connectivity index (χ0) is 13.9. The molecular weight excluding hydrogens is 250 g/mol. The van der Waals surface area contributed by atoms with E-state index in [1.807, 2.05) is 55.6 Å². The fourth-order valence-electron chi connectivity index (χ4n) is 2.28. The lowest BCUT2D eigenvalue weighted by Gasteiger charge is -2.06. The van der Waals surface area contributed by atoms with Crippen molar-refractivity contribution >= 4 is 16.7 Å². The van der Waals surface area contributed by atoms with Crippen molar-refractivity contribution in [2.24, 2.45) is 7.05 Å². The first-order valence-corrected chi connectivity index (χ1v) is 6.63. The van der Waals surface area contributed by atoms with E-state index >= 15 is 0 Å². The third-order valence-electron chi connectivity index (χ3n) is 3.37. The van der Waals surface area contributed by atoms with Crippen LogP contribution in [-0.4, -0.2) is 16.2 Å². The van der Waals surface area contributed by atoms with Crippen LogP contribution in [0.2, 0.25) is 0 Å². The molecule has 3 rings (SSSR count). The molecule has 2 aromatic carbocycles. The maximum Gasteiger partial charge on any atom is 0.119 e. The molecule has 0 aliphatic heterocycles. The van der Waals surface area contributed by atoms with Gasteiger partial charge in [-0.1, -0.05) is 24.3 Å². The number of imidazole rings is 1. The van der Waals surface area contributed by atoms with Crippen LogP contribution in [0.4, 0.5) is 5.69 Å². The summed E-state index contributed by atoms with van der Waals surface area (Å²) >= 11 is 0. The van der Waals surface area contributed by atoms with Gasteiger partial charge in [0.1, 0.15) is 17.1 Å². The van der Waals surface area contributed by atoms with Crippen LogP contribution in [0.1, 0.15) is 5.82 Å². The molecule has 4 nitrogen and oxygen atoms in total. The number of ether oxygens (including phenoxy) is 1. The van der Waals surface area contributed by atoms with Crippen molar-refractivity contribution < 1.29 is 4.74 Å². The molecular formula is C16H17N3O. The van der Waals surface area contributed by atoms with Crippen LogP contribution >= 0.6 is 0 Å². The van der Waals surface area contributed by atoms with Gasteiger partial charge in [0.25, 0.3) is 0 Å². The molecule has 0 aliphatic carbocycles. The summed E-state index contributed by atoms with van der Waals surface area (Å²) < 4.78 is 7.78. The van der Waals surface area contributed by atoms with E-state index in [2.05, 4.69) is 9.55 Å². The number of nitrogen functional groups attached to an aromatic ring is 1. The number of nitrogens with zero attached hydrogens (tertiary/aromatic N) is 2. The number of anilines is 1. The van der Waals surface area contributed by atoms with Gasteiger partial charge in [-0.15, -0.1) is 0 Å². The van der Waals surface area contributed by atoms with Gasteiger partial charge in [-0.25, -0.2) is 4.98 Å². The van der Waals surface area contributed by atoms with E-state index in [1.54, 1.807) is 0 Å². The van der Waals surface area contributed by atoms with Crippen molar-refractivity contribution in [2.45, 2.75) is 6.42 Å². The molecule has 0 spiro atoms. The highest BCUT2D eigenvalue weighted by Gasteiger charge is 2.09. The predicted molar refractivity (Wildman–Crippen MR) is 80.8 cm³/mol. The van der Waals surface area contributed by atoms with Crippen LogP contribution in [0, 0.1) is 0 Å². The minimum Gasteiger partial charge on any atom is -0.493 e. The average Bonchev–Trinajstić information content (AvgIpc) is 2.79. The third kappa shape index (κ3) is 2.32. The molecule has 0 saturated carbocycles. The molecule has 1 aromatic heterocycles. The predicted octanol–water partition coefficient (Wildman–Crippen LogP) is 2.78. The van der Waals surface area contributed by atoms with Gasteiger partial charge in [-0.2, -0.15) is 0 Å². The van der Waals surface area contributed by atoms with Crippen molar-refractivity contribution in [1.29, 1.82) is 0 Å². The summed E-state index contributed by atoms with van der Waals surface area (Å²) in [6.07, 6.45) is 0.750. The second-order valence-corrected chi connectivity index (χ2v) is 4.71. The molecule has 0 radical (unpaired) electrons. The molecule has 0 amide bonds. The largest absolute Gasteiger partial charge is 0.493 e. The third-order valence-corrected chi connectivity index (χ3v) is 3.37. The molecule has 102 valence electrons. The Morgan fingerprint density at radius 2 is 1.90 bits per heavy atom. The highest BCUT2D eigenvalue weighted by atomic mass is 16.5. The van der Waals surface area contributed by atoms with Crippen molar-refractivity contribution in [3.63, 3.8) is 0 Å². The Kier molecular flexibility index (Phi) is 3.29. The van der Waals surface area contributed by atoms with Gasteiger partial charge < -0.3 is 15.0 Å². The highest BCUT2D eigenvalue weighted by Crippen LogP contribution is 2.21. The Balaban J connectivity index is 1.75. The number of benzene rings is 2. The Labute approximate surface area is 117 Å². The number of para-hydroxylation sites is 2. The molecule has 0 aliphatic rings. The van der Waals surface area contributed by atoms with E-state index in [9.17, 15) is 0 Å². The topological polar surface area (TPSA) is 53.1 Å².